The number of aliphatic carboxylic acids is 1. The molecule has 0 spiro atoms. The molecule has 0 aliphatic heterocycles. The Balaban J connectivity index is 2.50. The molecule has 1 aliphatic rings. The van der Waals surface area contributed by atoms with E-state index in [1.807, 2.05) is 6.92 Å². The average Bonchev–Trinajstić information content (AvgIpc) is 2.13. The summed E-state index contributed by atoms with van der Waals surface area (Å²) in [6, 6.07) is -0.802. The summed E-state index contributed by atoms with van der Waals surface area (Å²) in [7, 11) is 0. The first kappa shape index (κ1) is 12.0. The third-order valence-electron chi connectivity index (χ3n) is 2.88. The number of hydrogen-bond donors (Lipinski definition) is 3. The summed E-state index contributed by atoms with van der Waals surface area (Å²) < 4.78 is 0. The Kier molecular flexibility index (Phi) is 3.68. The van der Waals surface area contributed by atoms with Crippen LogP contribution in [0, 0.1) is 0 Å². The number of carbonyl (C=O) groups is 2. The molecule has 0 aromatic rings. The fraction of sp³-hybridized carbons (Fsp3) is 0.800. The van der Waals surface area contributed by atoms with Crippen molar-refractivity contribution in [1.29, 1.82) is 0 Å². The fourth-order valence-electron chi connectivity index (χ4n) is 1.63. The van der Waals surface area contributed by atoms with E-state index in [1.54, 1.807) is 0 Å². The lowest BCUT2D eigenvalue weighted by atomic mass is 9.77. The van der Waals surface area contributed by atoms with Crippen LogP contribution in [-0.4, -0.2) is 28.6 Å². The quantitative estimate of drug-likeness (QED) is 0.611. The second-order valence-electron chi connectivity index (χ2n) is 4.16. The van der Waals surface area contributed by atoms with Crippen LogP contribution in [0.4, 0.5) is 0 Å². The maximum Gasteiger partial charge on any atom is 0.326 e. The van der Waals surface area contributed by atoms with Crippen molar-refractivity contribution in [1.82, 2.24) is 5.32 Å². The lowest BCUT2D eigenvalue weighted by Crippen LogP contribution is -2.61. The molecule has 1 rings (SSSR count). The summed E-state index contributed by atoms with van der Waals surface area (Å²) in [5.74, 6) is -1.32. The first-order valence-corrected chi connectivity index (χ1v) is 5.32. The van der Waals surface area contributed by atoms with Gasteiger partial charge in [0.15, 0.2) is 0 Å². The Hall–Kier alpha value is -1.10. The number of nitrogens with one attached hydrogen (secondary N) is 1. The number of nitrogens with two attached hydrogens (primary N) is 1. The van der Waals surface area contributed by atoms with Crippen LogP contribution >= 0.6 is 0 Å². The van der Waals surface area contributed by atoms with Gasteiger partial charge >= 0.3 is 5.97 Å². The highest BCUT2D eigenvalue weighted by Crippen LogP contribution is 2.29. The minimum atomic E-state index is -0.992. The molecule has 5 nitrogen and oxygen atoms in total. The van der Waals surface area contributed by atoms with Crippen molar-refractivity contribution in [3.05, 3.63) is 0 Å². The van der Waals surface area contributed by atoms with Gasteiger partial charge in [0.25, 0.3) is 0 Å². The van der Waals surface area contributed by atoms with Crippen molar-refractivity contribution in [3.63, 3.8) is 0 Å². The largest absolute Gasteiger partial charge is 0.480 e. The first-order valence-electron chi connectivity index (χ1n) is 5.32. The van der Waals surface area contributed by atoms with Crippen LogP contribution in [0.25, 0.3) is 0 Å². The number of amides is 1. The zero-order valence-electron chi connectivity index (χ0n) is 8.95. The van der Waals surface area contributed by atoms with Crippen LogP contribution < -0.4 is 11.1 Å². The summed E-state index contributed by atoms with van der Waals surface area (Å²) in [6.07, 6.45) is 3.40. The molecule has 1 aliphatic carbocycles. The maximum atomic E-state index is 11.6. The van der Waals surface area contributed by atoms with Crippen LogP contribution in [0.5, 0.6) is 0 Å². The monoisotopic (exact) mass is 214 g/mol. The minimum absolute atomic E-state index is 0.324. The summed E-state index contributed by atoms with van der Waals surface area (Å²) in [5.41, 5.74) is 4.97. The standard InChI is InChI=1S/C10H18N2O3/c1-2-4-7(8(13)14)12-9(15)10(11)5-3-6-10/h7H,2-6,11H2,1H3,(H,12,15)(H,13,14)/t7-/m0/s1. The molecule has 86 valence electrons. The normalized spacial score (nSPS) is 20.1. The predicted molar refractivity (Wildman–Crippen MR) is 55.2 cm³/mol. The fourth-order valence-corrected chi connectivity index (χ4v) is 1.63. The number of rotatable bonds is 5. The Labute approximate surface area is 89.0 Å². The van der Waals surface area contributed by atoms with Gasteiger partial charge in [-0.15, -0.1) is 0 Å². The number of carboxylic acids is 1. The molecule has 1 atom stereocenters. The predicted octanol–water partition coefficient (Wildman–Crippen LogP) is 0.237. The highest BCUT2D eigenvalue weighted by molar-refractivity contribution is 5.90. The summed E-state index contributed by atoms with van der Waals surface area (Å²) in [6.45, 7) is 1.88. The summed E-state index contributed by atoms with van der Waals surface area (Å²) in [4.78, 5) is 22.4. The van der Waals surface area contributed by atoms with E-state index in [1.165, 1.54) is 0 Å². The van der Waals surface area contributed by atoms with Crippen molar-refractivity contribution in [2.45, 2.75) is 50.6 Å². The van der Waals surface area contributed by atoms with Crippen LogP contribution in [0.15, 0.2) is 0 Å². The number of carboxylic acid groups (broad SMARTS) is 1. The third-order valence-corrected chi connectivity index (χ3v) is 2.88. The van der Waals surface area contributed by atoms with Crippen molar-refractivity contribution in [3.8, 4) is 0 Å². The van der Waals surface area contributed by atoms with Crippen LogP contribution in [0.3, 0.4) is 0 Å². The zero-order chi connectivity index (χ0) is 11.5. The molecule has 0 bridgehead atoms. The van der Waals surface area contributed by atoms with Crippen LogP contribution in [0.1, 0.15) is 39.0 Å². The molecule has 1 fully saturated rings. The molecular formula is C10H18N2O3. The van der Waals surface area contributed by atoms with E-state index in [9.17, 15) is 9.59 Å². The van der Waals surface area contributed by atoms with Crippen molar-refractivity contribution < 1.29 is 14.7 Å². The van der Waals surface area contributed by atoms with E-state index in [-0.39, 0.29) is 5.91 Å². The molecule has 0 aromatic heterocycles. The molecule has 0 unspecified atom stereocenters. The van der Waals surface area contributed by atoms with Crippen LogP contribution in [-0.2, 0) is 9.59 Å². The number of hydrogen-bond acceptors (Lipinski definition) is 3. The van der Waals surface area contributed by atoms with E-state index in [0.29, 0.717) is 19.3 Å². The SMILES string of the molecule is CCC[C@H](NC(=O)C1(N)CCC1)C(=O)O. The molecule has 0 aromatic carbocycles. The highest BCUT2D eigenvalue weighted by atomic mass is 16.4. The van der Waals surface area contributed by atoms with E-state index < -0.39 is 17.6 Å². The summed E-state index contributed by atoms with van der Waals surface area (Å²) in [5, 5.41) is 11.4. The van der Waals surface area contributed by atoms with Crippen LogP contribution in [0.2, 0.25) is 0 Å². The van der Waals surface area contributed by atoms with Gasteiger partial charge in [0.05, 0.1) is 5.54 Å². The third kappa shape index (κ3) is 2.68. The molecule has 0 saturated heterocycles. The van der Waals surface area contributed by atoms with Gasteiger partial charge in [0, 0.05) is 0 Å². The molecule has 15 heavy (non-hydrogen) atoms. The first-order chi connectivity index (χ1) is 6.99. The minimum Gasteiger partial charge on any atom is -0.480 e. The van der Waals surface area contributed by atoms with Crippen molar-refractivity contribution in [2.24, 2.45) is 5.73 Å². The van der Waals surface area contributed by atoms with Gasteiger partial charge < -0.3 is 16.2 Å². The van der Waals surface area contributed by atoms with Gasteiger partial charge in [-0.25, -0.2) is 4.79 Å². The van der Waals surface area contributed by atoms with Gasteiger partial charge in [0.1, 0.15) is 6.04 Å². The van der Waals surface area contributed by atoms with E-state index in [4.69, 9.17) is 10.8 Å². The Morgan fingerprint density at radius 1 is 1.53 bits per heavy atom. The van der Waals surface area contributed by atoms with E-state index in [0.717, 1.165) is 12.8 Å². The van der Waals surface area contributed by atoms with E-state index in [2.05, 4.69) is 5.32 Å². The van der Waals surface area contributed by atoms with Gasteiger partial charge in [-0.05, 0) is 25.7 Å². The molecular weight excluding hydrogens is 196 g/mol. The summed E-state index contributed by atoms with van der Waals surface area (Å²) >= 11 is 0. The van der Waals surface area contributed by atoms with Crippen molar-refractivity contribution >= 4 is 11.9 Å². The Morgan fingerprint density at radius 3 is 2.47 bits per heavy atom. The number of carbonyl (C=O) groups excluding carboxylic acids is 1. The van der Waals surface area contributed by atoms with Crippen molar-refractivity contribution in [2.75, 3.05) is 0 Å². The Morgan fingerprint density at radius 2 is 2.13 bits per heavy atom. The molecule has 1 amide bonds. The zero-order valence-corrected chi connectivity index (χ0v) is 8.95. The maximum absolute atomic E-state index is 11.6. The second-order valence-corrected chi connectivity index (χ2v) is 4.16. The molecule has 5 heteroatoms. The van der Waals surface area contributed by atoms with Gasteiger partial charge in [0.2, 0.25) is 5.91 Å². The smallest absolute Gasteiger partial charge is 0.326 e. The molecule has 1 saturated carbocycles. The Bertz CT molecular complexity index is 261. The molecule has 0 heterocycles. The van der Waals surface area contributed by atoms with Gasteiger partial charge in [-0.1, -0.05) is 13.3 Å². The average molecular weight is 214 g/mol. The lowest BCUT2D eigenvalue weighted by Gasteiger charge is -2.37. The molecule has 0 radical (unpaired) electrons. The lowest BCUT2D eigenvalue weighted by molar-refractivity contribution is -0.143. The second kappa shape index (κ2) is 4.61. The van der Waals surface area contributed by atoms with Gasteiger partial charge in [-0.2, -0.15) is 0 Å². The van der Waals surface area contributed by atoms with E-state index >= 15 is 0 Å². The van der Waals surface area contributed by atoms with Gasteiger partial charge in [-0.3, -0.25) is 4.79 Å². The molecule has 4 N–H and O–H groups in total. The topological polar surface area (TPSA) is 92.4 Å². The highest BCUT2D eigenvalue weighted by Gasteiger charge is 2.41.